The molecule has 0 aromatic carbocycles. The molecule has 0 bridgehead atoms. The fourth-order valence-corrected chi connectivity index (χ4v) is 2.25. The molecule has 2 aliphatic rings. The Bertz CT molecular complexity index is 294. The lowest BCUT2D eigenvalue weighted by Crippen LogP contribution is -2.38. The number of ether oxygens (including phenoxy) is 1. The molecular weight excluding hydrogens is 190 g/mol. The molecular formula is C12H17NO2. The molecule has 0 N–H and O–H groups in total. The first kappa shape index (κ1) is 10.4. The molecule has 3 heteroatoms. The van der Waals surface area contributed by atoms with Crippen LogP contribution < -0.4 is 0 Å². The van der Waals surface area contributed by atoms with Crippen molar-refractivity contribution in [1.29, 1.82) is 0 Å². The molecule has 1 saturated heterocycles. The normalized spacial score (nSPS) is 32.0. The van der Waals surface area contributed by atoms with E-state index in [4.69, 9.17) is 11.2 Å². The van der Waals surface area contributed by atoms with E-state index < -0.39 is 0 Å². The first-order chi connectivity index (χ1) is 7.27. The van der Waals surface area contributed by atoms with Gasteiger partial charge in [-0.15, -0.1) is 6.42 Å². The Morgan fingerprint density at radius 2 is 2.40 bits per heavy atom. The smallest absolute Gasteiger partial charge is 0.411 e. The zero-order valence-corrected chi connectivity index (χ0v) is 9.11. The van der Waals surface area contributed by atoms with E-state index in [-0.39, 0.29) is 12.1 Å². The minimum atomic E-state index is -0.212. The lowest BCUT2D eigenvalue weighted by molar-refractivity contribution is 0.0969. The van der Waals surface area contributed by atoms with Gasteiger partial charge in [-0.1, -0.05) is 19.3 Å². The highest BCUT2D eigenvalue weighted by molar-refractivity contribution is 5.70. The number of piperidine rings is 1. The van der Waals surface area contributed by atoms with Crippen LogP contribution in [-0.2, 0) is 4.74 Å². The predicted molar refractivity (Wildman–Crippen MR) is 57.2 cm³/mol. The number of terminal acetylenes is 1. The maximum atomic E-state index is 11.7. The maximum Gasteiger partial charge on any atom is 0.411 e. The number of likely N-dealkylation sites (tertiary alicyclic amines) is 1. The van der Waals surface area contributed by atoms with Gasteiger partial charge in [0.25, 0.3) is 0 Å². The van der Waals surface area contributed by atoms with E-state index in [1.165, 1.54) is 0 Å². The first-order valence-electron chi connectivity index (χ1n) is 5.69. The van der Waals surface area contributed by atoms with Gasteiger partial charge >= 0.3 is 6.09 Å². The second kappa shape index (κ2) is 4.14. The SMILES string of the molecule is C#C[C@@H]1C[C@H]2C[C@H]2N1C(=O)OCCCC. The van der Waals surface area contributed by atoms with Crippen LogP contribution in [0.15, 0.2) is 0 Å². The number of unbranched alkanes of at least 4 members (excludes halogenated alkanes) is 1. The molecule has 0 radical (unpaired) electrons. The third-order valence-corrected chi connectivity index (χ3v) is 3.23. The number of rotatable bonds is 3. The van der Waals surface area contributed by atoms with E-state index in [2.05, 4.69) is 12.8 Å². The third kappa shape index (κ3) is 1.94. The van der Waals surface area contributed by atoms with E-state index in [1.807, 2.05) is 0 Å². The fraction of sp³-hybridized carbons (Fsp3) is 0.750. The highest BCUT2D eigenvalue weighted by atomic mass is 16.6. The summed E-state index contributed by atoms with van der Waals surface area (Å²) in [6.07, 6.45) is 9.23. The van der Waals surface area contributed by atoms with Gasteiger partial charge in [0.2, 0.25) is 0 Å². The minimum absolute atomic E-state index is 0.0251. The van der Waals surface area contributed by atoms with E-state index in [1.54, 1.807) is 4.90 Å². The molecule has 2 fully saturated rings. The molecule has 3 nitrogen and oxygen atoms in total. The second-order valence-electron chi connectivity index (χ2n) is 4.36. The van der Waals surface area contributed by atoms with Gasteiger partial charge in [0, 0.05) is 6.04 Å². The Balaban J connectivity index is 1.86. The van der Waals surface area contributed by atoms with Gasteiger partial charge in [0.15, 0.2) is 0 Å². The van der Waals surface area contributed by atoms with Crippen LogP contribution in [0.1, 0.15) is 32.6 Å². The summed E-state index contributed by atoms with van der Waals surface area (Å²) in [5.41, 5.74) is 0. The van der Waals surface area contributed by atoms with Gasteiger partial charge < -0.3 is 4.74 Å². The van der Waals surface area contributed by atoms with Crippen LogP contribution in [0.5, 0.6) is 0 Å². The molecule has 0 aromatic rings. The van der Waals surface area contributed by atoms with Crippen LogP contribution in [0.3, 0.4) is 0 Å². The van der Waals surface area contributed by atoms with Crippen molar-refractivity contribution < 1.29 is 9.53 Å². The highest BCUT2D eigenvalue weighted by Crippen LogP contribution is 2.47. The van der Waals surface area contributed by atoms with Crippen LogP contribution in [0, 0.1) is 18.3 Å². The van der Waals surface area contributed by atoms with Crippen LogP contribution in [-0.4, -0.2) is 29.7 Å². The largest absolute Gasteiger partial charge is 0.449 e. The molecule has 2 rings (SSSR count). The number of fused-ring (bicyclic) bond motifs is 1. The van der Waals surface area contributed by atoms with Crippen molar-refractivity contribution in [2.45, 2.75) is 44.7 Å². The topological polar surface area (TPSA) is 29.5 Å². The Morgan fingerprint density at radius 3 is 3.07 bits per heavy atom. The number of carbonyl (C=O) groups is 1. The van der Waals surface area contributed by atoms with Crippen LogP contribution >= 0.6 is 0 Å². The molecule has 1 saturated carbocycles. The molecule has 0 spiro atoms. The molecule has 82 valence electrons. The van der Waals surface area contributed by atoms with E-state index in [0.717, 1.165) is 25.7 Å². The third-order valence-electron chi connectivity index (χ3n) is 3.23. The first-order valence-corrected chi connectivity index (χ1v) is 5.69. The molecule has 15 heavy (non-hydrogen) atoms. The summed E-state index contributed by atoms with van der Waals surface area (Å²) in [6.45, 7) is 2.59. The minimum Gasteiger partial charge on any atom is -0.449 e. The quantitative estimate of drug-likeness (QED) is 0.523. The van der Waals surface area contributed by atoms with Crippen molar-refractivity contribution in [1.82, 2.24) is 4.90 Å². The number of hydrogen-bond donors (Lipinski definition) is 0. The molecule has 1 heterocycles. The molecule has 1 aliphatic carbocycles. The highest BCUT2D eigenvalue weighted by Gasteiger charge is 2.54. The summed E-state index contributed by atoms with van der Waals surface area (Å²) in [7, 11) is 0. The van der Waals surface area contributed by atoms with Crippen molar-refractivity contribution in [3.63, 3.8) is 0 Å². The summed E-state index contributed by atoms with van der Waals surface area (Å²) in [5, 5.41) is 0. The van der Waals surface area contributed by atoms with Crippen molar-refractivity contribution in [2.24, 2.45) is 5.92 Å². The number of amides is 1. The Labute approximate surface area is 90.8 Å². The fourth-order valence-electron chi connectivity index (χ4n) is 2.25. The number of hydrogen-bond acceptors (Lipinski definition) is 2. The Hall–Kier alpha value is -1.17. The summed E-state index contributed by atoms with van der Waals surface area (Å²) >= 11 is 0. The van der Waals surface area contributed by atoms with Gasteiger partial charge in [-0.2, -0.15) is 0 Å². The van der Waals surface area contributed by atoms with Crippen molar-refractivity contribution in [3.8, 4) is 12.3 Å². The van der Waals surface area contributed by atoms with Crippen LogP contribution in [0.2, 0.25) is 0 Å². The zero-order chi connectivity index (χ0) is 10.8. The molecule has 3 atom stereocenters. The summed E-state index contributed by atoms with van der Waals surface area (Å²) in [6, 6.07) is 0.350. The van der Waals surface area contributed by atoms with E-state index in [0.29, 0.717) is 18.6 Å². The van der Waals surface area contributed by atoms with Gasteiger partial charge in [-0.3, -0.25) is 4.90 Å². The summed E-state index contributed by atoms with van der Waals surface area (Å²) in [5.74, 6) is 3.31. The second-order valence-corrected chi connectivity index (χ2v) is 4.36. The average Bonchev–Trinajstić information content (AvgIpc) is 2.89. The van der Waals surface area contributed by atoms with Crippen LogP contribution in [0.25, 0.3) is 0 Å². The van der Waals surface area contributed by atoms with E-state index >= 15 is 0 Å². The van der Waals surface area contributed by atoms with Gasteiger partial charge in [-0.05, 0) is 25.2 Å². The summed E-state index contributed by atoms with van der Waals surface area (Å²) in [4.78, 5) is 13.5. The standard InChI is InChI=1S/C12H17NO2/c1-3-5-6-15-12(14)13-10(4-2)7-9-8-11(9)13/h2,9-11H,3,5-8H2,1H3/t9-,10+,11+/m0/s1. The Kier molecular flexibility index (Phi) is 2.86. The van der Waals surface area contributed by atoms with Gasteiger partial charge in [0.1, 0.15) is 0 Å². The Morgan fingerprint density at radius 1 is 1.60 bits per heavy atom. The van der Waals surface area contributed by atoms with Crippen molar-refractivity contribution >= 4 is 6.09 Å². The van der Waals surface area contributed by atoms with E-state index in [9.17, 15) is 4.79 Å². The number of nitrogens with zero attached hydrogens (tertiary/aromatic N) is 1. The lowest BCUT2D eigenvalue weighted by Gasteiger charge is -2.22. The molecule has 1 aliphatic heterocycles. The van der Waals surface area contributed by atoms with Crippen molar-refractivity contribution in [2.75, 3.05) is 6.61 Å². The lowest BCUT2D eigenvalue weighted by atomic mass is 10.2. The average molecular weight is 207 g/mol. The number of carbonyl (C=O) groups excluding carboxylic acids is 1. The van der Waals surface area contributed by atoms with Crippen molar-refractivity contribution in [3.05, 3.63) is 0 Å². The van der Waals surface area contributed by atoms with Gasteiger partial charge in [0.05, 0.1) is 12.6 Å². The maximum absolute atomic E-state index is 11.7. The van der Waals surface area contributed by atoms with Crippen LogP contribution in [0.4, 0.5) is 4.79 Å². The molecule has 1 amide bonds. The van der Waals surface area contributed by atoms with Gasteiger partial charge in [-0.25, -0.2) is 4.79 Å². The molecule has 0 unspecified atom stereocenters. The predicted octanol–water partition coefficient (Wildman–Crippen LogP) is 2.02. The zero-order valence-electron chi connectivity index (χ0n) is 9.11. The summed E-state index contributed by atoms with van der Waals surface area (Å²) < 4.78 is 5.19. The monoisotopic (exact) mass is 207 g/mol. The molecule has 0 aromatic heterocycles.